The smallest absolute Gasteiger partial charge is 0.0988 e. The summed E-state index contributed by atoms with van der Waals surface area (Å²) in [6, 6.07) is 2.00. The van der Waals surface area contributed by atoms with Gasteiger partial charge in [0.25, 0.3) is 0 Å². The number of hydrogen-bond acceptors (Lipinski definition) is 3. The molecule has 0 spiro atoms. The summed E-state index contributed by atoms with van der Waals surface area (Å²) in [5, 5.41) is 7.16. The lowest BCUT2D eigenvalue weighted by molar-refractivity contribution is 0.0123. The van der Waals surface area contributed by atoms with Crippen LogP contribution < -0.4 is 5.73 Å². The van der Waals surface area contributed by atoms with Crippen LogP contribution in [0.2, 0.25) is 0 Å². The van der Waals surface area contributed by atoms with Crippen LogP contribution in [0.3, 0.4) is 0 Å². The molecule has 0 aliphatic carbocycles. The molecule has 1 saturated heterocycles. The summed E-state index contributed by atoms with van der Waals surface area (Å²) in [6.07, 6.45) is 3.69. The van der Waals surface area contributed by atoms with Crippen LogP contribution in [-0.4, -0.2) is 16.8 Å². The molecule has 14 heavy (non-hydrogen) atoms. The van der Waals surface area contributed by atoms with Gasteiger partial charge >= 0.3 is 0 Å². The minimum Gasteiger partial charge on any atom is -0.372 e. The van der Waals surface area contributed by atoms with E-state index < -0.39 is 0 Å². The molecule has 2 unspecified atom stereocenters. The van der Waals surface area contributed by atoms with Gasteiger partial charge in [0, 0.05) is 12.6 Å². The van der Waals surface area contributed by atoms with E-state index in [0.29, 0.717) is 0 Å². The van der Waals surface area contributed by atoms with Crippen LogP contribution in [0.25, 0.3) is 0 Å². The highest BCUT2D eigenvalue weighted by molar-refractivity contribution is 5.14. The van der Waals surface area contributed by atoms with Gasteiger partial charge in [-0.15, -0.1) is 0 Å². The van der Waals surface area contributed by atoms with E-state index >= 15 is 0 Å². The van der Waals surface area contributed by atoms with Crippen molar-refractivity contribution < 1.29 is 4.74 Å². The van der Waals surface area contributed by atoms with Crippen molar-refractivity contribution >= 4 is 0 Å². The normalized spacial score (nSPS) is 24.9. The quantitative estimate of drug-likeness (QED) is 0.754. The minimum absolute atomic E-state index is 0.0106. The molecule has 4 heteroatoms. The molecule has 1 aliphatic rings. The Hall–Kier alpha value is -0.870. The molecule has 0 amide bonds. The van der Waals surface area contributed by atoms with E-state index in [1.807, 2.05) is 13.0 Å². The van der Waals surface area contributed by atoms with E-state index in [-0.39, 0.29) is 12.1 Å². The Kier molecular flexibility index (Phi) is 2.84. The Morgan fingerprint density at radius 1 is 1.64 bits per heavy atom. The summed E-state index contributed by atoms with van der Waals surface area (Å²) in [5.74, 6) is 0. The maximum Gasteiger partial charge on any atom is 0.0988 e. The number of aromatic nitrogens is 2. The van der Waals surface area contributed by atoms with E-state index in [0.717, 1.165) is 24.4 Å². The summed E-state index contributed by atoms with van der Waals surface area (Å²) in [4.78, 5) is 0. The molecule has 1 aliphatic heterocycles. The molecule has 0 bridgehead atoms. The van der Waals surface area contributed by atoms with Gasteiger partial charge in [0.1, 0.15) is 0 Å². The summed E-state index contributed by atoms with van der Waals surface area (Å²) in [6.45, 7) is 2.79. The van der Waals surface area contributed by atoms with E-state index in [1.165, 1.54) is 12.8 Å². The molecule has 78 valence electrons. The van der Waals surface area contributed by atoms with Gasteiger partial charge in [0.2, 0.25) is 0 Å². The molecular formula is C10H17N3O. The van der Waals surface area contributed by atoms with E-state index in [9.17, 15) is 0 Å². The Balaban J connectivity index is 2.07. The van der Waals surface area contributed by atoms with Crippen molar-refractivity contribution in [3.05, 3.63) is 17.5 Å². The van der Waals surface area contributed by atoms with Gasteiger partial charge in [0.05, 0.1) is 17.5 Å². The third kappa shape index (κ3) is 1.96. The molecule has 2 atom stereocenters. The minimum atomic E-state index is -0.0106. The van der Waals surface area contributed by atoms with Gasteiger partial charge in [-0.05, 0) is 32.3 Å². The summed E-state index contributed by atoms with van der Waals surface area (Å²) < 4.78 is 5.64. The Labute approximate surface area is 83.8 Å². The number of ether oxygens (including phenoxy) is 1. The second-order valence-electron chi connectivity index (χ2n) is 3.89. The van der Waals surface area contributed by atoms with Gasteiger partial charge in [0.15, 0.2) is 0 Å². The zero-order valence-electron chi connectivity index (χ0n) is 8.49. The van der Waals surface area contributed by atoms with Crippen LogP contribution in [0.5, 0.6) is 0 Å². The van der Waals surface area contributed by atoms with Crippen molar-refractivity contribution in [2.75, 3.05) is 6.61 Å². The molecule has 1 aromatic rings. The van der Waals surface area contributed by atoms with Crippen molar-refractivity contribution in [3.8, 4) is 0 Å². The lowest BCUT2D eigenvalue weighted by Gasteiger charge is -2.20. The Morgan fingerprint density at radius 2 is 2.50 bits per heavy atom. The molecule has 1 aromatic heterocycles. The lowest BCUT2D eigenvalue weighted by atomic mass is 10.1. The number of nitrogens with two attached hydrogens (primary N) is 1. The first-order chi connectivity index (χ1) is 6.77. The van der Waals surface area contributed by atoms with E-state index in [1.54, 1.807) is 0 Å². The average Bonchev–Trinajstić information content (AvgIpc) is 2.68. The first-order valence-corrected chi connectivity index (χ1v) is 5.20. The third-order valence-corrected chi connectivity index (χ3v) is 2.61. The third-order valence-electron chi connectivity index (χ3n) is 2.61. The molecule has 0 saturated carbocycles. The highest BCUT2D eigenvalue weighted by Crippen LogP contribution is 2.27. The van der Waals surface area contributed by atoms with Crippen LogP contribution in [0.4, 0.5) is 0 Å². The molecule has 2 heterocycles. The predicted molar refractivity (Wildman–Crippen MR) is 53.7 cm³/mol. The SMILES string of the molecule is CC(N)c1cc(C2CCCCO2)[nH]n1. The summed E-state index contributed by atoms with van der Waals surface area (Å²) >= 11 is 0. The van der Waals surface area contributed by atoms with Crippen molar-refractivity contribution in [2.24, 2.45) is 5.73 Å². The number of aromatic amines is 1. The molecule has 3 N–H and O–H groups in total. The van der Waals surface area contributed by atoms with Crippen molar-refractivity contribution in [2.45, 2.75) is 38.3 Å². The van der Waals surface area contributed by atoms with Gasteiger partial charge in [-0.1, -0.05) is 0 Å². The zero-order chi connectivity index (χ0) is 9.97. The second-order valence-corrected chi connectivity index (χ2v) is 3.89. The van der Waals surface area contributed by atoms with Gasteiger partial charge < -0.3 is 10.5 Å². The second kappa shape index (κ2) is 4.11. The maximum absolute atomic E-state index is 5.73. The highest BCUT2D eigenvalue weighted by atomic mass is 16.5. The van der Waals surface area contributed by atoms with Crippen LogP contribution >= 0.6 is 0 Å². The topological polar surface area (TPSA) is 63.9 Å². The molecule has 1 fully saturated rings. The van der Waals surface area contributed by atoms with Crippen LogP contribution in [0.15, 0.2) is 6.07 Å². The number of nitrogens with zero attached hydrogens (tertiary/aromatic N) is 1. The van der Waals surface area contributed by atoms with Crippen molar-refractivity contribution in [3.63, 3.8) is 0 Å². The number of H-pyrrole nitrogens is 1. The predicted octanol–water partition coefficient (Wildman–Crippen LogP) is 1.67. The van der Waals surface area contributed by atoms with Crippen molar-refractivity contribution in [1.29, 1.82) is 0 Å². The molecule has 0 aromatic carbocycles. The van der Waals surface area contributed by atoms with Gasteiger partial charge in [-0.25, -0.2) is 0 Å². The highest BCUT2D eigenvalue weighted by Gasteiger charge is 2.18. The fraction of sp³-hybridized carbons (Fsp3) is 0.700. The molecular weight excluding hydrogens is 178 g/mol. The van der Waals surface area contributed by atoms with E-state index in [2.05, 4.69) is 10.2 Å². The molecule has 2 rings (SSSR count). The molecule has 0 radical (unpaired) electrons. The Bertz CT molecular complexity index is 289. The first-order valence-electron chi connectivity index (χ1n) is 5.20. The van der Waals surface area contributed by atoms with Crippen LogP contribution in [-0.2, 0) is 4.74 Å². The largest absolute Gasteiger partial charge is 0.372 e. The lowest BCUT2D eigenvalue weighted by Crippen LogP contribution is -2.11. The average molecular weight is 195 g/mol. The molecule has 4 nitrogen and oxygen atoms in total. The first kappa shape index (κ1) is 9.68. The number of nitrogens with one attached hydrogen (secondary N) is 1. The van der Waals surface area contributed by atoms with Crippen molar-refractivity contribution in [1.82, 2.24) is 10.2 Å². The summed E-state index contributed by atoms with van der Waals surface area (Å²) in [5.41, 5.74) is 7.71. The zero-order valence-corrected chi connectivity index (χ0v) is 8.49. The summed E-state index contributed by atoms with van der Waals surface area (Å²) in [7, 11) is 0. The van der Waals surface area contributed by atoms with Gasteiger partial charge in [-0.3, -0.25) is 5.10 Å². The van der Waals surface area contributed by atoms with Crippen LogP contribution in [0, 0.1) is 0 Å². The van der Waals surface area contributed by atoms with E-state index in [4.69, 9.17) is 10.5 Å². The fourth-order valence-corrected chi connectivity index (χ4v) is 1.74. The number of rotatable bonds is 2. The van der Waals surface area contributed by atoms with Crippen LogP contribution in [0.1, 0.15) is 49.7 Å². The number of hydrogen-bond donors (Lipinski definition) is 2. The maximum atomic E-state index is 5.73. The Morgan fingerprint density at radius 3 is 3.07 bits per heavy atom. The monoisotopic (exact) mass is 195 g/mol. The fourth-order valence-electron chi connectivity index (χ4n) is 1.74. The standard InChI is InChI=1S/C10H17N3O/c1-7(11)8-6-9(13-12-8)10-4-2-3-5-14-10/h6-7,10H,2-5,11H2,1H3,(H,12,13). The van der Waals surface area contributed by atoms with Gasteiger partial charge in [-0.2, -0.15) is 5.10 Å².